The van der Waals surface area contributed by atoms with Crippen molar-refractivity contribution in [1.29, 1.82) is 0 Å². The van der Waals surface area contributed by atoms with Crippen molar-refractivity contribution < 1.29 is 29.9 Å². The molecule has 3 unspecified atom stereocenters. The number of hydrogen-bond acceptors (Lipinski definition) is 8. The van der Waals surface area contributed by atoms with Crippen molar-refractivity contribution in [3.8, 4) is 22.6 Å². The van der Waals surface area contributed by atoms with Crippen LogP contribution in [0.2, 0.25) is 0 Å². The van der Waals surface area contributed by atoms with Crippen LogP contribution in [0.5, 0.6) is 11.5 Å². The molecule has 0 heterocycles. The average molecular weight is 553 g/mol. The van der Waals surface area contributed by atoms with E-state index in [-0.39, 0.29) is 13.2 Å². The highest BCUT2D eigenvalue weighted by Crippen LogP contribution is 2.35. The van der Waals surface area contributed by atoms with E-state index in [1.807, 2.05) is 54.6 Å². The smallest absolute Gasteiger partial charge is 0.122 e. The third-order valence-corrected chi connectivity index (χ3v) is 6.91. The molecule has 0 spiro atoms. The second-order valence-corrected chi connectivity index (χ2v) is 9.90. The van der Waals surface area contributed by atoms with Crippen LogP contribution in [-0.2, 0) is 0 Å². The van der Waals surface area contributed by atoms with Gasteiger partial charge in [-0.25, -0.2) is 0 Å². The first kappa shape index (κ1) is 31.5. The van der Waals surface area contributed by atoms with Gasteiger partial charge >= 0.3 is 0 Å². The van der Waals surface area contributed by atoms with Crippen LogP contribution in [0.1, 0.15) is 35.6 Å². The van der Waals surface area contributed by atoms with Gasteiger partial charge in [0.15, 0.2) is 0 Å². The van der Waals surface area contributed by atoms with Gasteiger partial charge in [-0.1, -0.05) is 54.6 Å². The number of nitrogens with one attached hydrogen (secondary N) is 2. The maximum absolute atomic E-state index is 10.6. The summed E-state index contributed by atoms with van der Waals surface area (Å²) in [5.41, 5.74) is 5.06. The van der Waals surface area contributed by atoms with Crippen LogP contribution in [0.3, 0.4) is 0 Å². The van der Waals surface area contributed by atoms with E-state index in [1.165, 1.54) is 0 Å². The van der Waals surface area contributed by atoms with Crippen LogP contribution in [0, 0.1) is 13.8 Å². The molecule has 3 rings (SSSR count). The van der Waals surface area contributed by atoms with Gasteiger partial charge in [-0.3, -0.25) is 0 Å². The zero-order valence-corrected chi connectivity index (χ0v) is 23.6. The van der Waals surface area contributed by atoms with Crippen LogP contribution in [0.25, 0.3) is 11.1 Å². The van der Waals surface area contributed by atoms with Gasteiger partial charge in [-0.2, -0.15) is 0 Å². The Morgan fingerprint density at radius 3 is 1.82 bits per heavy atom. The molecule has 8 heteroatoms. The van der Waals surface area contributed by atoms with Crippen LogP contribution < -0.4 is 20.1 Å². The number of hydrogen-bond donors (Lipinski definition) is 6. The fourth-order valence-corrected chi connectivity index (χ4v) is 4.54. The van der Waals surface area contributed by atoms with E-state index >= 15 is 0 Å². The Morgan fingerprint density at radius 2 is 1.27 bits per heavy atom. The molecule has 3 atom stereocenters. The van der Waals surface area contributed by atoms with Crippen LogP contribution >= 0.6 is 0 Å². The summed E-state index contributed by atoms with van der Waals surface area (Å²) < 4.78 is 12.2. The molecule has 0 saturated carbocycles. The lowest BCUT2D eigenvalue weighted by molar-refractivity contribution is 0.0893. The molecule has 6 N–H and O–H groups in total. The highest BCUT2D eigenvalue weighted by atomic mass is 16.5. The third-order valence-electron chi connectivity index (χ3n) is 6.91. The first-order valence-electron chi connectivity index (χ1n) is 14.0. The Kier molecular flexibility index (Phi) is 13.4. The van der Waals surface area contributed by atoms with Gasteiger partial charge in [-0.05, 0) is 79.7 Å². The van der Waals surface area contributed by atoms with Crippen molar-refractivity contribution in [3.05, 3.63) is 83.4 Å². The van der Waals surface area contributed by atoms with Gasteiger partial charge in [-0.15, -0.1) is 0 Å². The van der Waals surface area contributed by atoms with Gasteiger partial charge in [0, 0.05) is 6.54 Å². The number of ether oxygens (including phenoxy) is 2. The Balaban J connectivity index is 1.51. The lowest BCUT2D eigenvalue weighted by atomic mass is 9.95. The van der Waals surface area contributed by atoms with E-state index in [1.54, 1.807) is 0 Å². The van der Waals surface area contributed by atoms with E-state index in [4.69, 9.17) is 14.6 Å². The molecule has 0 fully saturated rings. The second-order valence-electron chi connectivity index (χ2n) is 9.90. The molecule has 218 valence electrons. The summed E-state index contributed by atoms with van der Waals surface area (Å²) in [4.78, 5) is 0. The lowest BCUT2D eigenvalue weighted by Crippen LogP contribution is -2.39. The summed E-state index contributed by atoms with van der Waals surface area (Å²) in [7, 11) is 0. The molecule has 0 aliphatic carbocycles. The summed E-state index contributed by atoms with van der Waals surface area (Å²) in [5, 5.41) is 44.9. The van der Waals surface area contributed by atoms with Gasteiger partial charge in [0.05, 0.1) is 44.7 Å². The van der Waals surface area contributed by atoms with Crippen LogP contribution in [0.4, 0.5) is 0 Å². The van der Waals surface area contributed by atoms with Crippen molar-refractivity contribution in [2.45, 2.75) is 44.9 Å². The molecule has 0 bridgehead atoms. The molecular weight excluding hydrogens is 508 g/mol. The monoisotopic (exact) mass is 552 g/mol. The topological polar surface area (TPSA) is 123 Å². The zero-order valence-electron chi connectivity index (χ0n) is 23.6. The predicted octanol–water partition coefficient (Wildman–Crippen LogP) is 3.14. The van der Waals surface area contributed by atoms with E-state index in [0.29, 0.717) is 32.8 Å². The van der Waals surface area contributed by atoms with Crippen molar-refractivity contribution in [3.63, 3.8) is 0 Å². The van der Waals surface area contributed by atoms with Crippen LogP contribution in [0.15, 0.2) is 66.7 Å². The van der Waals surface area contributed by atoms with Crippen molar-refractivity contribution in [2.24, 2.45) is 0 Å². The summed E-state index contributed by atoms with van der Waals surface area (Å²) in [6.45, 7) is 6.41. The Morgan fingerprint density at radius 1 is 0.700 bits per heavy atom. The van der Waals surface area contributed by atoms with Gasteiger partial charge in [0.2, 0.25) is 0 Å². The molecule has 3 aromatic rings. The normalized spacial score (nSPS) is 13.6. The molecule has 3 aromatic carbocycles. The quantitative estimate of drug-likeness (QED) is 0.133. The number of aliphatic hydroxyl groups excluding tert-OH is 4. The molecule has 0 aliphatic rings. The first-order chi connectivity index (χ1) is 19.5. The average Bonchev–Trinajstić information content (AvgIpc) is 2.98. The second kappa shape index (κ2) is 17.0. The maximum atomic E-state index is 10.6. The SMILES string of the molecule is Cc1c(OCCCNCC(O)CO)cccc1-c1cccc(OCCCNC(CO)C(O)c2ccccc2)c1C. The largest absolute Gasteiger partial charge is 0.493 e. The lowest BCUT2D eigenvalue weighted by Gasteiger charge is -2.22. The fourth-order valence-electron chi connectivity index (χ4n) is 4.54. The van der Waals surface area contributed by atoms with Gasteiger partial charge in [0.25, 0.3) is 0 Å². The first-order valence-corrected chi connectivity index (χ1v) is 14.0. The van der Waals surface area contributed by atoms with E-state index < -0.39 is 18.2 Å². The van der Waals surface area contributed by atoms with Crippen molar-refractivity contribution >= 4 is 0 Å². The summed E-state index contributed by atoms with van der Waals surface area (Å²) >= 11 is 0. The Hall–Kier alpha value is -2.98. The summed E-state index contributed by atoms with van der Waals surface area (Å²) in [5.74, 6) is 1.66. The van der Waals surface area contributed by atoms with E-state index in [0.717, 1.165) is 52.2 Å². The zero-order chi connectivity index (χ0) is 28.7. The molecule has 0 amide bonds. The minimum absolute atomic E-state index is 0.161. The number of benzene rings is 3. The minimum Gasteiger partial charge on any atom is -0.493 e. The van der Waals surface area contributed by atoms with E-state index in [9.17, 15) is 15.3 Å². The molecule has 0 saturated heterocycles. The fraction of sp³-hybridized carbons (Fsp3) is 0.438. The molecule has 0 aromatic heterocycles. The van der Waals surface area contributed by atoms with Crippen molar-refractivity contribution in [1.82, 2.24) is 10.6 Å². The Bertz CT molecular complexity index is 1140. The van der Waals surface area contributed by atoms with Gasteiger partial charge < -0.3 is 40.5 Å². The highest BCUT2D eigenvalue weighted by molar-refractivity contribution is 5.74. The highest BCUT2D eigenvalue weighted by Gasteiger charge is 2.19. The summed E-state index contributed by atoms with van der Waals surface area (Å²) in [6, 6.07) is 21.0. The summed E-state index contributed by atoms with van der Waals surface area (Å²) in [6.07, 6.45) is -0.0186. The van der Waals surface area contributed by atoms with Crippen LogP contribution in [-0.4, -0.2) is 78.6 Å². The minimum atomic E-state index is -0.781. The maximum Gasteiger partial charge on any atom is 0.122 e. The predicted molar refractivity (Wildman–Crippen MR) is 158 cm³/mol. The van der Waals surface area contributed by atoms with E-state index in [2.05, 4.69) is 36.6 Å². The number of aliphatic hydroxyl groups is 4. The number of rotatable bonds is 18. The molecule has 8 nitrogen and oxygen atoms in total. The third kappa shape index (κ3) is 9.30. The molecule has 0 aliphatic heterocycles. The molecule has 40 heavy (non-hydrogen) atoms. The van der Waals surface area contributed by atoms with Crippen molar-refractivity contribution in [2.75, 3.05) is 46.1 Å². The molecule has 0 radical (unpaired) electrons. The van der Waals surface area contributed by atoms with Gasteiger partial charge in [0.1, 0.15) is 11.5 Å². The Labute approximate surface area is 237 Å². The molecular formula is C32H44N2O6. The standard InChI is InChI=1S/C32H44N2O6/c1-23-27(12-6-14-30(23)39-18-8-16-33-20-26(37)21-35)28-13-7-15-31(24(28)2)40-19-9-17-34-29(22-36)32(38)25-10-4-3-5-11-25/h3-7,10-15,26,29,32-38H,8-9,16-22H2,1-2H3.